The van der Waals surface area contributed by atoms with Crippen LogP contribution in [-0.2, 0) is 14.3 Å². The fourth-order valence-electron chi connectivity index (χ4n) is 4.27. The molecular weight excluding hydrogens is 496 g/mol. The lowest BCUT2D eigenvalue weighted by molar-refractivity contribution is -0.132. The highest BCUT2D eigenvalue weighted by atomic mass is 32.1. The van der Waals surface area contributed by atoms with Gasteiger partial charge in [-0.25, -0.2) is 9.78 Å². The number of aryl methyl sites for hydroxylation is 2. The fourth-order valence-corrected chi connectivity index (χ4v) is 5.26. The van der Waals surface area contributed by atoms with Crippen LogP contribution in [0.15, 0.2) is 48.0 Å². The van der Waals surface area contributed by atoms with E-state index in [1.807, 2.05) is 0 Å². The van der Waals surface area contributed by atoms with Gasteiger partial charge in [0, 0.05) is 11.1 Å². The first-order valence-electron chi connectivity index (χ1n) is 11.5. The zero-order chi connectivity index (χ0) is 26.9. The van der Waals surface area contributed by atoms with Crippen molar-refractivity contribution in [2.24, 2.45) is 0 Å². The molecule has 10 heteroatoms. The van der Waals surface area contributed by atoms with Crippen molar-refractivity contribution in [3.63, 3.8) is 0 Å². The molecule has 1 atom stereocenters. The maximum atomic E-state index is 13.4. The minimum Gasteiger partial charge on any atom is -0.507 e. The molecule has 9 nitrogen and oxygen atoms in total. The number of ether oxygens (including phenoxy) is 3. The molecule has 1 aliphatic heterocycles. The van der Waals surface area contributed by atoms with Gasteiger partial charge in [0.15, 0.2) is 5.13 Å². The molecule has 0 spiro atoms. The van der Waals surface area contributed by atoms with Gasteiger partial charge in [0.2, 0.25) is 0 Å². The number of thiazole rings is 1. The second-order valence-electron chi connectivity index (χ2n) is 8.23. The summed E-state index contributed by atoms with van der Waals surface area (Å²) < 4.78 is 15.9. The van der Waals surface area contributed by atoms with E-state index < -0.39 is 23.7 Å². The van der Waals surface area contributed by atoms with Crippen LogP contribution in [0.1, 0.15) is 45.0 Å². The van der Waals surface area contributed by atoms with Gasteiger partial charge in [-0.3, -0.25) is 14.5 Å². The molecule has 192 valence electrons. The number of benzene rings is 2. The molecular formula is C27H26N2O7S. The average Bonchev–Trinajstić information content (AvgIpc) is 3.40. The molecule has 3 aromatic rings. The van der Waals surface area contributed by atoms with Gasteiger partial charge in [0.1, 0.15) is 28.2 Å². The van der Waals surface area contributed by atoms with Crippen LogP contribution in [0.4, 0.5) is 5.13 Å². The van der Waals surface area contributed by atoms with E-state index >= 15 is 0 Å². The van der Waals surface area contributed by atoms with Crippen LogP contribution >= 0.6 is 11.3 Å². The Balaban J connectivity index is 1.95. The van der Waals surface area contributed by atoms with Crippen LogP contribution in [0, 0.1) is 13.8 Å². The Hall–Kier alpha value is -4.18. The highest BCUT2D eigenvalue weighted by molar-refractivity contribution is 7.17. The Morgan fingerprint density at radius 1 is 1.08 bits per heavy atom. The third kappa shape index (κ3) is 4.55. The summed E-state index contributed by atoms with van der Waals surface area (Å²) in [5.74, 6) is -1.65. The second-order valence-corrected chi connectivity index (χ2v) is 9.20. The highest BCUT2D eigenvalue weighted by Crippen LogP contribution is 2.46. The molecule has 0 bridgehead atoms. The van der Waals surface area contributed by atoms with E-state index in [4.69, 9.17) is 14.2 Å². The average molecular weight is 523 g/mol. The highest BCUT2D eigenvalue weighted by Gasteiger charge is 2.49. The Kier molecular flexibility index (Phi) is 7.30. The number of hydrogen-bond acceptors (Lipinski definition) is 9. The smallest absolute Gasteiger partial charge is 0.350 e. The Morgan fingerprint density at radius 3 is 2.43 bits per heavy atom. The van der Waals surface area contributed by atoms with E-state index in [2.05, 4.69) is 4.98 Å². The van der Waals surface area contributed by atoms with Gasteiger partial charge >= 0.3 is 11.9 Å². The number of aromatic nitrogens is 1. The number of methoxy groups -OCH3 is 2. The van der Waals surface area contributed by atoms with Gasteiger partial charge in [-0.1, -0.05) is 29.5 Å². The lowest BCUT2D eigenvalue weighted by atomic mass is 9.94. The van der Waals surface area contributed by atoms with Crippen LogP contribution in [-0.4, -0.2) is 48.6 Å². The maximum absolute atomic E-state index is 13.4. The van der Waals surface area contributed by atoms with Crippen LogP contribution in [0.25, 0.3) is 5.76 Å². The number of esters is 1. The largest absolute Gasteiger partial charge is 0.507 e. The number of anilines is 1. The monoisotopic (exact) mass is 522 g/mol. The summed E-state index contributed by atoms with van der Waals surface area (Å²) >= 11 is 0.945. The van der Waals surface area contributed by atoms with Crippen LogP contribution in [0.3, 0.4) is 0 Å². The van der Waals surface area contributed by atoms with Gasteiger partial charge in [0.05, 0.1) is 32.1 Å². The standard InChI is InChI=1S/C27H26N2O7S/c1-6-36-26(33)24-15(3)28-27(37-24)29-21(17-9-7-8-10-19(17)35-5)20(23(31)25(29)32)22(30)16-11-12-18(34-4)14(2)13-16/h7-13,21,30H,6H2,1-5H3/t21-/m1/s1. The predicted octanol–water partition coefficient (Wildman–Crippen LogP) is 4.58. The maximum Gasteiger partial charge on any atom is 0.350 e. The molecule has 37 heavy (non-hydrogen) atoms. The Labute approximate surface area is 217 Å². The number of nitrogens with zero attached hydrogens (tertiary/aromatic N) is 2. The lowest BCUT2D eigenvalue weighted by Crippen LogP contribution is -2.29. The quantitative estimate of drug-likeness (QED) is 0.208. The van der Waals surface area contributed by atoms with Gasteiger partial charge in [-0.15, -0.1) is 0 Å². The summed E-state index contributed by atoms with van der Waals surface area (Å²) in [5, 5.41) is 11.5. The predicted molar refractivity (Wildman–Crippen MR) is 138 cm³/mol. The van der Waals surface area contributed by atoms with E-state index in [0.717, 1.165) is 16.9 Å². The Morgan fingerprint density at radius 2 is 1.78 bits per heavy atom. The molecule has 1 saturated heterocycles. The molecule has 0 unspecified atom stereocenters. The first-order chi connectivity index (χ1) is 17.7. The number of carbonyl (C=O) groups excluding carboxylic acids is 3. The van der Waals surface area contributed by atoms with E-state index in [9.17, 15) is 19.5 Å². The molecule has 1 aromatic heterocycles. The number of ketones is 1. The summed E-state index contributed by atoms with van der Waals surface area (Å²) in [4.78, 5) is 45.2. The van der Waals surface area contributed by atoms with Crippen LogP contribution in [0.5, 0.6) is 11.5 Å². The normalized spacial score (nSPS) is 16.7. The number of aliphatic hydroxyl groups excluding tert-OH is 1. The minimum absolute atomic E-state index is 0.121. The van der Waals surface area contributed by atoms with Crippen molar-refractivity contribution in [1.82, 2.24) is 4.98 Å². The molecule has 1 N–H and O–H groups in total. The van der Waals surface area contributed by atoms with Gasteiger partial charge in [0.25, 0.3) is 5.78 Å². The molecule has 1 fully saturated rings. The van der Waals surface area contributed by atoms with Crippen molar-refractivity contribution in [3.05, 3.63) is 75.3 Å². The van der Waals surface area contributed by atoms with Crippen molar-refractivity contribution in [2.45, 2.75) is 26.8 Å². The fraction of sp³-hybridized carbons (Fsp3) is 0.259. The molecule has 2 heterocycles. The summed E-state index contributed by atoms with van der Waals surface area (Å²) in [6.07, 6.45) is 0. The molecule has 0 saturated carbocycles. The van der Waals surface area contributed by atoms with E-state index in [1.54, 1.807) is 63.2 Å². The third-order valence-electron chi connectivity index (χ3n) is 6.00. The van der Waals surface area contributed by atoms with Crippen LogP contribution in [0.2, 0.25) is 0 Å². The Bertz CT molecular complexity index is 1430. The van der Waals surface area contributed by atoms with Crippen molar-refractivity contribution < 1.29 is 33.7 Å². The van der Waals surface area contributed by atoms with Gasteiger partial charge < -0.3 is 19.3 Å². The molecule has 0 radical (unpaired) electrons. The van der Waals surface area contributed by atoms with Crippen molar-refractivity contribution >= 4 is 39.9 Å². The van der Waals surface area contributed by atoms with Crippen LogP contribution < -0.4 is 14.4 Å². The lowest BCUT2D eigenvalue weighted by Gasteiger charge is -2.24. The number of aliphatic hydroxyl groups is 1. The van der Waals surface area contributed by atoms with Crippen molar-refractivity contribution in [1.29, 1.82) is 0 Å². The second kappa shape index (κ2) is 10.4. The molecule has 0 aliphatic carbocycles. The van der Waals surface area contributed by atoms with E-state index in [-0.39, 0.29) is 27.9 Å². The van der Waals surface area contributed by atoms with Gasteiger partial charge in [-0.05, 0) is 50.6 Å². The number of amides is 1. The number of hydrogen-bond donors (Lipinski definition) is 1. The molecule has 1 amide bonds. The number of para-hydroxylation sites is 1. The first-order valence-corrected chi connectivity index (χ1v) is 12.3. The van der Waals surface area contributed by atoms with Crippen molar-refractivity contribution in [3.8, 4) is 11.5 Å². The third-order valence-corrected chi connectivity index (χ3v) is 7.14. The topological polar surface area (TPSA) is 115 Å². The number of rotatable bonds is 7. The molecule has 1 aliphatic rings. The number of Topliss-reactive ketones (excluding diaryl/α,β-unsaturated/α-hetero) is 1. The zero-order valence-corrected chi connectivity index (χ0v) is 21.8. The summed E-state index contributed by atoms with van der Waals surface area (Å²) in [6, 6.07) is 10.8. The van der Waals surface area contributed by atoms with E-state index in [0.29, 0.717) is 28.3 Å². The summed E-state index contributed by atoms with van der Waals surface area (Å²) in [5.41, 5.74) is 1.80. The zero-order valence-electron chi connectivity index (χ0n) is 21.0. The van der Waals surface area contributed by atoms with Gasteiger partial charge in [-0.2, -0.15) is 0 Å². The SMILES string of the molecule is CCOC(=O)c1sc(N2C(=O)C(=O)C(=C(O)c3ccc(OC)c(C)c3)[C@H]2c2ccccc2OC)nc1C. The molecule has 4 rings (SSSR count). The first kappa shape index (κ1) is 25.9. The number of carbonyl (C=O) groups is 3. The minimum atomic E-state index is -1.06. The van der Waals surface area contributed by atoms with E-state index in [1.165, 1.54) is 19.1 Å². The summed E-state index contributed by atoms with van der Waals surface area (Å²) in [6.45, 7) is 5.30. The molecule has 2 aromatic carbocycles. The van der Waals surface area contributed by atoms with Crippen molar-refractivity contribution in [2.75, 3.05) is 25.7 Å². The summed E-state index contributed by atoms with van der Waals surface area (Å²) in [7, 11) is 3.01.